The molecule has 0 amide bonds. The number of anilines is 4. The number of ether oxygens (including phenoxy) is 1. The van der Waals surface area contributed by atoms with E-state index in [4.69, 9.17) is 14.7 Å². The van der Waals surface area contributed by atoms with Gasteiger partial charge >= 0.3 is 0 Å². The van der Waals surface area contributed by atoms with Crippen molar-refractivity contribution in [3.63, 3.8) is 0 Å². The Balaban J connectivity index is 0.00000141. The summed E-state index contributed by atoms with van der Waals surface area (Å²) in [5.74, 6) is 2.31. The molecule has 0 radical (unpaired) electrons. The van der Waals surface area contributed by atoms with Gasteiger partial charge in [-0.1, -0.05) is 19.9 Å². The zero-order chi connectivity index (χ0) is 25.2. The van der Waals surface area contributed by atoms with Crippen LogP contribution in [-0.4, -0.2) is 44.8 Å². The van der Waals surface area contributed by atoms with Crippen molar-refractivity contribution >= 4 is 23.3 Å². The van der Waals surface area contributed by atoms with Crippen LogP contribution in [0.25, 0.3) is 0 Å². The zero-order valence-corrected chi connectivity index (χ0v) is 21.4. The van der Waals surface area contributed by atoms with Crippen molar-refractivity contribution < 1.29 is 4.74 Å². The first-order valence-electron chi connectivity index (χ1n) is 12.2. The predicted octanol–water partition coefficient (Wildman–Crippen LogP) is 3.86. The summed E-state index contributed by atoms with van der Waals surface area (Å²) in [7, 11) is 3.63. The lowest BCUT2D eigenvalue weighted by Gasteiger charge is -2.40. The molecule has 2 N–H and O–H groups in total. The molecule has 0 aliphatic carbocycles. The van der Waals surface area contributed by atoms with Crippen LogP contribution < -0.4 is 21.1 Å². The number of rotatable bonds is 5. The Morgan fingerprint density at radius 3 is 2.74 bits per heavy atom. The molecule has 1 saturated heterocycles. The molecule has 1 fully saturated rings. The molecule has 2 aliphatic rings. The second-order valence-corrected chi connectivity index (χ2v) is 9.30. The molecule has 2 aliphatic heterocycles. The van der Waals surface area contributed by atoms with E-state index < -0.39 is 0 Å². The molecule has 0 saturated carbocycles. The van der Waals surface area contributed by atoms with Gasteiger partial charge in [-0.3, -0.25) is 4.79 Å². The Hall–Kier alpha value is -3.30. The minimum atomic E-state index is -0.233. The summed E-state index contributed by atoms with van der Waals surface area (Å²) >= 11 is 0. The maximum atomic E-state index is 12.0. The van der Waals surface area contributed by atoms with E-state index in [1.165, 1.54) is 10.6 Å². The molecule has 3 aromatic heterocycles. The Labute approximate surface area is 206 Å². The topological polar surface area (TPSA) is 97.2 Å². The number of aromatic nitrogens is 4. The van der Waals surface area contributed by atoms with Crippen molar-refractivity contribution in [3.05, 3.63) is 64.3 Å². The van der Waals surface area contributed by atoms with Crippen LogP contribution in [0, 0.1) is 0 Å². The molecule has 35 heavy (non-hydrogen) atoms. The van der Waals surface area contributed by atoms with Crippen LogP contribution in [-0.2, 0) is 18.3 Å². The molecule has 186 valence electrons. The third-order valence-electron chi connectivity index (χ3n) is 6.33. The molecule has 5 heterocycles. The molecule has 5 rings (SSSR count). The van der Waals surface area contributed by atoms with Crippen molar-refractivity contribution in [1.29, 1.82) is 0 Å². The quantitative estimate of drug-likeness (QED) is 0.572. The number of fused-ring (bicyclic) bond motifs is 3. The monoisotopic (exact) mass is 477 g/mol. The number of hydrogen-bond donors (Lipinski definition) is 2. The van der Waals surface area contributed by atoms with E-state index in [2.05, 4.69) is 34.4 Å². The number of aryl methyl sites for hydroxylation is 1. The normalized spacial score (nSPS) is 19.9. The number of pyridine rings is 2. The van der Waals surface area contributed by atoms with E-state index >= 15 is 0 Å². The van der Waals surface area contributed by atoms with E-state index in [0.717, 1.165) is 29.3 Å². The highest BCUT2D eigenvalue weighted by Gasteiger charge is 2.47. The van der Waals surface area contributed by atoms with Crippen LogP contribution in [0.5, 0.6) is 0 Å². The summed E-state index contributed by atoms with van der Waals surface area (Å²) in [5.41, 5.74) is 2.35. The highest BCUT2D eigenvalue weighted by Crippen LogP contribution is 2.49. The average molecular weight is 478 g/mol. The minimum Gasteiger partial charge on any atom is -0.375 e. The highest BCUT2D eigenvalue weighted by molar-refractivity contribution is 5.69. The lowest BCUT2D eigenvalue weighted by atomic mass is 9.85. The van der Waals surface area contributed by atoms with E-state index in [9.17, 15) is 4.79 Å². The van der Waals surface area contributed by atoms with Gasteiger partial charge in [-0.05, 0) is 45.5 Å². The first-order chi connectivity index (χ1) is 16.8. The Morgan fingerprint density at radius 1 is 1.20 bits per heavy atom. The predicted molar refractivity (Wildman–Crippen MR) is 139 cm³/mol. The molecular weight excluding hydrogens is 442 g/mol. The van der Waals surface area contributed by atoms with E-state index in [0.29, 0.717) is 24.8 Å². The van der Waals surface area contributed by atoms with Crippen molar-refractivity contribution in [2.75, 3.05) is 23.9 Å². The third kappa shape index (κ3) is 5.06. The molecule has 2 unspecified atom stereocenters. The summed E-state index contributed by atoms with van der Waals surface area (Å²) in [6, 6.07) is 9.62. The van der Waals surface area contributed by atoms with Gasteiger partial charge in [0, 0.05) is 55.3 Å². The minimum absolute atomic E-state index is 0.0984. The van der Waals surface area contributed by atoms with E-state index in [1.807, 2.05) is 51.4 Å². The molecule has 0 spiro atoms. The van der Waals surface area contributed by atoms with Crippen LogP contribution >= 0.6 is 0 Å². The second kappa shape index (κ2) is 10.1. The maximum absolute atomic E-state index is 12.0. The summed E-state index contributed by atoms with van der Waals surface area (Å²) in [4.78, 5) is 28.6. The SMILES string of the molecule is CC.CNCc1cccc(N2c3nc(Nc4ccn(C)c(=O)c4)ncc3C3COC(C)(C)CC32)n1. The van der Waals surface area contributed by atoms with Crippen molar-refractivity contribution in [2.45, 2.75) is 58.2 Å². The fourth-order valence-electron chi connectivity index (χ4n) is 4.67. The average Bonchev–Trinajstić information content (AvgIpc) is 3.14. The van der Waals surface area contributed by atoms with Gasteiger partial charge in [-0.15, -0.1) is 0 Å². The van der Waals surface area contributed by atoms with Gasteiger partial charge in [0.25, 0.3) is 5.56 Å². The molecule has 0 bridgehead atoms. The van der Waals surface area contributed by atoms with Crippen LogP contribution in [0.1, 0.15) is 51.3 Å². The van der Waals surface area contributed by atoms with Crippen molar-refractivity contribution in [2.24, 2.45) is 7.05 Å². The van der Waals surface area contributed by atoms with Gasteiger partial charge in [0.2, 0.25) is 5.95 Å². The zero-order valence-electron chi connectivity index (χ0n) is 21.4. The standard InChI is InChI=1S/C24H29N7O2.C2H6/c1-24(2)11-19-18(14-33-24)17-13-26-23(28-15-8-9-30(4)21(32)10-15)29-22(17)31(19)20-7-5-6-16(27-20)12-25-3;1-2/h5-10,13,18-19,25H,11-12,14H2,1-4H3,(H,26,28,29);1-2H3. The molecule has 2 atom stereocenters. The lowest BCUT2D eigenvalue weighted by Crippen LogP contribution is -2.45. The lowest BCUT2D eigenvalue weighted by molar-refractivity contribution is -0.0658. The Kier molecular flexibility index (Phi) is 7.18. The highest BCUT2D eigenvalue weighted by atomic mass is 16.5. The number of nitrogens with one attached hydrogen (secondary N) is 2. The first-order valence-corrected chi connectivity index (χ1v) is 12.2. The van der Waals surface area contributed by atoms with Crippen molar-refractivity contribution in [1.82, 2.24) is 24.8 Å². The van der Waals surface area contributed by atoms with Crippen LogP contribution in [0.2, 0.25) is 0 Å². The van der Waals surface area contributed by atoms with Crippen LogP contribution in [0.3, 0.4) is 0 Å². The summed E-state index contributed by atoms with van der Waals surface area (Å²) in [6.45, 7) is 9.56. The van der Waals surface area contributed by atoms with Crippen LogP contribution in [0.15, 0.2) is 47.5 Å². The second-order valence-electron chi connectivity index (χ2n) is 9.30. The fraction of sp³-hybridized carbons (Fsp3) is 0.462. The van der Waals surface area contributed by atoms with E-state index in [1.54, 1.807) is 13.2 Å². The van der Waals surface area contributed by atoms with Gasteiger partial charge in [0.15, 0.2) is 0 Å². The summed E-state index contributed by atoms with van der Waals surface area (Å²) in [6.07, 6.45) is 4.45. The largest absolute Gasteiger partial charge is 0.375 e. The molecule has 3 aromatic rings. The molecule has 9 heteroatoms. The van der Waals surface area contributed by atoms with Crippen LogP contribution in [0.4, 0.5) is 23.3 Å². The maximum Gasteiger partial charge on any atom is 0.252 e. The third-order valence-corrected chi connectivity index (χ3v) is 6.33. The fourth-order valence-corrected chi connectivity index (χ4v) is 4.67. The smallest absolute Gasteiger partial charge is 0.252 e. The molecular formula is C26H35N7O2. The summed E-state index contributed by atoms with van der Waals surface area (Å²) < 4.78 is 7.69. The number of nitrogens with zero attached hydrogens (tertiary/aromatic N) is 5. The van der Waals surface area contributed by atoms with Gasteiger partial charge in [-0.2, -0.15) is 4.98 Å². The molecule has 9 nitrogen and oxygen atoms in total. The summed E-state index contributed by atoms with van der Waals surface area (Å²) in [5, 5.41) is 6.35. The van der Waals surface area contributed by atoms with E-state index in [-0.39, 0.29) is 23.1 Å². The Bertz CT molecular complexity index is 1240. The van der Waals surface area contributed by atoms with Crippen molar-refractivity contribution in [3.8, 4) is 0 Å². The molecule has 0 aromatic carbocycles. The Morgan fingerprint density at radius 2 is 2.00 bits per heavy atom. The van der Waals surface area contributed by atoms with Gasteiger partial charge in [-0.25, -0.2) is 9.97 Å². The van der Waals surface area contributed by atoms with Gasteiger partial charge in [0.05, 0.1) is 17.9 Å². The first kappa shape index (κ1) is 24.8. The van der Waals surface area contributed by atoms with Gasteiger partial charge in [0.1, 0.15) is 11.6 Å². The number of hydrogen-bond acceptors (Lipinski definition) is 8. The van der Waals surface area contributed by atoms with Gasteiger partial charge < -0.3 is 24.8 Å².